The van der Waals surface area contributed by atoms with Gasteiger partial charge in [0, 0.05) is 0 Å². The molecule has 0 aliphatic rings. The molecule has 17 valence electrons. The zero-order chi connectivity index (χ0) is 4.00. The van der Waals surface area contributed by atoms with Gasteiger partial charge in [0.15, 0.2) is 0 Å². The first-order valence-electron chi connectivity index (χ1n) is 0.524. The summed E-state index contributed by atoms with van der Waals surface area (Å²) in [6.45, 7) is 0. The third kappa shape index (κ3) is 45.7. The van der Waals surface area contributed by atoms with Crippen LogP contribution in [0.4, 0.5) is 0 Å². The third-order valence-electron chi connectivity index (χ3n) is 0. The van der Waals surface area contributed by atoms with E-state index < -0.39 is 0 Å². The van der Waals surface area contributed by atoms with Gasteiger partial charge in [0.05, 0.1) is 0 Å². The van der Waals surface area contributed by atoms with E-state index in [0.717, 1.165) is 0 Å². The summed E-state index contributed by atoms with van der Waals surface area (Å²) >= 11 is 0.125. The van der Waals surface area contributed by atoms with Crippen molar-refractivity contribution in [1.82, 2.24) is 0 Å². The molecule has 0 aliphatic carbocycles. The van der Waals surface area contributed by atoms with Gasteiger partial charge >= 0.3 is 34.2 Å². The summed E-state index contributed by atoms with van der Waals surface area (Å²) in [5.74, 6) is 0. The first-order chi connectivity index (χ1) is 2.00. The summed E-state index contributed by atoms with van der Waals surface area (Å²) in [5, 5.41) is 0. The molecule has 0 atom stereocenters. The maximum absolute atomic E-state index is 8.38. The van der Waals surface area contributed by atoms with Crippen molar-refractivity contribution in [2.24, 2.45) is 0 Å². The summed E-state index contributed by atoms with van der Waals surface area (Å²) in [5.41, 5.74) is 0. The molecular formula is BO2Zn. The summed E-state index contributed by atoms with van der Waals surface area (Å²) in [7, 11) is 3.25. The van der Waals surface area contributed by atoms with Crippen LogP contribution in [0, 0.1) is 0 Å². The van der Waals surface area contributed by atoms with Gasteiger partial charge in [0.25, 0.3) is 0 Å². The third-order valence-corrected chi connectivity index (χ3v) is 0. The van der Waals surface area contributed by atoms with Crippen molar-refractivity contribution in [3.8, 4) is 0 Å². The van der Waals surface area contributed by atoms with Crippen molar-refractivity contribution in [3.63, 3.8) is 0 Å². The summed E-state index contributed by atoms with van der Waals surface area (Å²) in [6.07, 6.45) is 0. The van der Waals surface area contributed by atoms with Gasteiger partial charge in [-0.15, -0.1) is 0 Å². The second-order valence-electron chi connectivity index (χ2n) is 0. The van der Waals surface area contributed by atoms with Crippen LogP contribution in [0.3, 0.4) is 0 Å². The Morgan fingerprint density at radius 2 is 1.25 bits per heavy atom. The number of hydrogen-bond donors (Lipinski definition) is 0. The van der Waals surface area contributed by atoms with E-state index in [4.69, 9.17) is 8.28 Å². The molecule has 0 saturated carbocycles. The normalized spacial score (nSPS) is 2.25. The molecule has 4 heteroatoms. The van der Waals surface area contributed by atoms with Crippen LogP contribution < -0.4 is 0 Å². The minimum absolute atomic E-state index is 0.125. The van der Waals surface area contributed by atoms with Crippen LogP contribution in [0.25, 0.3) is 0 Å². The van der Waals surface area contributed by atoms with Gasteiger partial charge in [-0.1, -0.05) is 0 Å². The maximum atomic E-state index is 8.38. The number of hydrogen-bond acceptors (Lipinski definition) is 2. The average Bonchev–Trinajstić information content (AvgIpc) is 1.50. The Labute approximate surface area is 34.9 Å². The van der Waals surface area contributed by atoms with Crippen molar-refractivity contribution in [2.75, 3.05) is 0 Å². The van der Waals surface area contributed by atoms with Crippen LogP contribution in [0.5, 0.6) is 0 Å². The van der Waals surface area contributed by atoms with Crippen LogP contribution in [0.1, 0.15) is 0 Å². The molecule has 0 aromatic heterocycles. The molecule has 0 spiro atoms. The Balaban J connectivity index is 0. The van der Waals surface area contributed by atoms with E-state index in [1.54, 1.807) is 0 Å². The molecule has 0 bridgehead atoms. The van der Waals surface area contributed by atoms with E-state index in [2.05, 4.69) is 7.72 Å². The van der Waals surface area contributed by atoms with E-state index >= 15 is 0 Å². The van der Waals surface area contributed by atoms with Crippen molar-refractivity contribution < 1.29 is 26.5 Å². The topological polar surface area (TPSA) is 34.1 Å². The second kappa shape index (κ2) is 207. The van der Waals surface area contributed by atoms with E-state index in [9.17, 15) is 0 Å². The molecule has 0 saturated heterocycles. The molecule has 0 aliphatic heterocycles. The van der Waals surface area contributed by atoms with Gasteiger partial charge in [-0.05, 0) is 0 Å². The van der Waals surface area contributed by atoms with Crippen LogP contribution in [-0.4, -0.2) is 7.72 Å². The standard InChI is InChI=1S/BO.O.Zn/c1-2;;. The molecule has 0 heterocycles. The Hall–Kier alpha value is 0.288. The van der Waals surface area contributed by atoms with Gasteiger partial charge in [-0.3, -0.25) is 0 Å². The molecule has 0 N–H and O–H groups in total. The first kappa shape index (κ1) is 8.86. The Morgan fingerprint density at radius 3 is 1.25 bits per heavy atom. The molecular weight excluding hydrogens is 108 g/mol. The Bertz CT molecular complexity index is 8.00. The van der Waals surface area contributed by atoms with E-state index in [1.165, 1.54) is 0 Å². The molecule has 0 aromatic carbocycles. The molecule has 2 nitrogen and oxygen atoms in total. The SMILES string of the molecule is [B]=O.[O]=[Zn]. The summed E-state index contributed by atoms with van der Waals surface area (Å²) in [6, 6.07) is 0. The first-order valence-corrected chi connectivity index (χ1v) is 1.74. The fourth-order valence-electron chi connectivity index (χ4n) is 0. The van der Waals surface area contributed by atoms with Crippen molar-refractivity contribution in [2.45, 2.75) is 0 Å². The molecule has 0 rings (SSSR count). The minimum atomic E-state index is 0.125. The molecule has 0 unspecified atom stereocenters. The molecule has 4 heavy (non-hydrogen) atoms. The van der Waals surface area contributed by atoms with Crippen LogP contribution in [0.15, 0.2) is 0 Å². The molecule has 0 amide bonds. The van der Waals surface area contributed by atoms with Gasteiger partial charge in [-0.2, -0.15) is 0 Å². The zero-order valence-corrected chi connectivity index (χ0v) is 5.07. The second-order valence-corrected chi connectivity index (χ2v) is 0. The fourth-order valence-corrected chi connectivity index (χ4v) is 0. The van der Waals surface area contributed by atoms with Crippen molar-refractivity contribution in [3.05, 3.63) is 0 Å². The Morgan fingerprint density at radius 1 is 1.25 bits per heavy atom. The quantitative estimate of drug-likeness (QED) is 0.387. The average molecular weight is 108 g/mol. The van der Waals surface area contributed by atoms with E-state index in [1.807, 2.05) is 0 Å². The van der Waals surface area contributed by atoms with Gasteiger partial charge in [0.1, 0.15) is 0 Å². The van der Waals surface area contributed by atoms with Gasteiger partial charge in [0.2, 0.25) is 0 Å². The Kier molecular flexibility index (Phi) is 459. The molecule has 1 radical (unpaired) electrons. The van der Waals surface area contributed by atoms with Gasteiger partial charge in [-0.25, -0.2) is 0 Å². The summed E-state index contributed by atoms with van der Waals surface area (Å²) < 4.78 is 16.1. The predicted octanol–water partition coefficient (Wildman–Crippen LogP) is -0.621. The fraction of sp³-hybridized carbons (Fsp3) is 0. The van der Waals surface area contributed by atoms with Crippen LogP contribution in [0.2, 0.25) is 0 Å². The predicted molar refractivity (Wildman–Crippen MR) is 7.13 cm³/mol. The summed E-state index contributed by atoms with van der Waals surface area (Å²) in [4.78, 5) is 0. The number of rotatable bonds is 0. The van der Waals surface area contributed by atoms with Crippen molar-refractivity contribution >= 4 is 7.72 Å². The zero-order valence-electron chi connectivity index (χ0n) is 2.10. The molecule has 0 fully saturated rings. The molecule has 0 aromatic rings. The van der Waals surface area contributed by atoms with Crippen molar-refractivity contribution in [1.29, 1.82) is 0 Å². The van der Waals surface area contributed by atoms with E-state index in [-0.39, 0.29) is 18.3 Å². The van der Waals surface area contributed by atoms with E-state index in [0.29, 0.717) is 0 Å². The van der Waals surface area contributed by atoms with Gasteiger partial charge < -0.3 is 0 Å². The van der Waals surface area contributed by atoms with Crippen LogP contribution in [-0.2, 0) is 26.5 Å². The monoisotopic (exact) mass is 107 g/mol. The van der Waals surface area contributed by atoms with Crippen LogP contribution >= 0.6 is 0 Å².